The minimum atomic E-state index is -0.867. The molecule has 196 valence electrons. The highest BCUT2D eigenvalue weighted by Gasteiger charge is 2.44. The first-order valence-corrected chi connectivity index (χ1v) is 12.3. The molecule has 0 aliphatic carbocycles. The summed E-state index contributed by atoms with van der Waals surface area (Å²) in [6.07, 6.45) is -0.149. The Hall–Kier alpha value is -3.99. The zero-order valence-corrected chi connectivity index (χ0v) is 21.8. The highest BCUT2D eigenvalue weighted by atomic mass is 32.1. The molecule has 1 aliphatic heterocycles. The number of carbonyl (C=O) groups is 4. The van der Waals surface area contributed by atoms with Crippen LogP contribution in [0.1, 0.15) is 37.6 Å². The van der Waals surface area contributed by atoms with Crippen molar-refractivity contribution >= 4 is 52.4 Å². The van der Waals surface area contributed by atoms with Gasteiger partial charge in [0.2, 0.25) is 11.8 Å². The zero-order chi connectivity index (χ0) is 26.9. The molecular weight excluding hydrogens is 496 g/mol. The molecule has 10 nitrogen and oxygen atoms in total. The molecule has 3 amide bonds. The normalized spacial score (nSPS) is 14.9. The molecule has 0 aromatic heterocycles. The third-order valence-electron chi connectivity index (χ3n) is 5.51. The number of benzene rings is 2. The highest BCUT2D eigenvalue weighted by molar-refractivity contribution is 7.80. The van der Waals surface area contributed by atoms with Gasteiger partial charge in [-0.05, 0) is 74.6 Å². The Balaban J connectivity index is 1.77. The Labute approximate surface area is 220 Å². The minimum absolute atomic E-state index is 0.149. The summed E-state index contributed by atoms with van der Waals surface area (Å²) in [6, 6.07) is 12.4. The molecule has 2 N–H and O–H groups in total. The van der Waals surface area contributed by atoms with Gasteiger partial charge in [-0.1, -0.05) is 0 Å². The first kappa shape index (κ1) is 27.6. The number of esters is 1. The lowest BCUT2D eigenvalue weighted by Crippen LogP contribution is -2.42. The summed E-state index contributed by atoms with van der Waals surface area (Å²) in [5, 5.41) is 5.69. The second-order valence-corrected chi connectivity index (χ2v) is 8.49. The van der Waals surface area contributed by atoms with Crippen LogP contribution < -0.4 is 20.3 Å². The molecule has 1 unspecified atom stereocenters. The highest BCUT2D eigenvalue weighted by Crippen LogP contribution is 2.28. The van der Waals surface area contributed by atoms with Crippen molar-refractivity contribution < 1.29 is 28.7 Å². The maximum Gasteiger partial charge on any atom is 0.338 e. The summed E-state index contributed by atoms with van der Waals surface area (Å²) in [7, 11) is 0. The number of nitrogens with zero attached hydrogens (tertiary/aromatic N) is 2. The molecule has 1 fully saturated rings. The van der Waals surface area contributed by atoms with Crippen molar-refractivity contribution in [2.75, 3.05) is 36.5 Å². The molecule has 1 saturated heterocycles. The third-order valence-corrected chi connectivity index (χ3v) is 5.93. The van der Waals surface area contributed by atoms with Gasteiger partial charge in [0.05, 0.1) is 30.9 Å². The Kier molecular flexibility index (Phi) is 9.56. The van der Waals surface area contributed by atoms with Crippen LogP contribution in [-0.4, -0.2) is 66.0 Å². The van der Waals surface area contributed by atoms with Crippen molar-refractivity contribution in [1.82, 2.24) is 10.2 Å². The molecule has 0 spiro atoms. The number of amides is 3. The van der Waals surface area contributed by atoms with Gasteiger partial charge in [-0.25, -0.2) is 4.79 Å². The van der Waals surface area contributed by atoms with Gasteiger partial charge in [0.25, 0.3) is 5.91 Å². The first-order valence-electron chi connectivity index (χ1n) is 11.9. The largest absolute Gasteiger partial charge is 0.494 e. The van der Waals surface area contributed by atoms with E-state index in [-0.39, 0.29) is 49.0 Å². The van der Waals surface area contributed by atoms with E-state index in [0.29, 0.717) is 29.3 Å². The van der Waals surface area contributed by atoms with E-state index in [4.69, 9.17) is 21.7 Å². The van der Waals surface area contributed by atoms with Crippen molar-refractivity contribution in [3.63, 3.8) is 0 Å². The van der Waals surface area contributed by atoms with Gasteiger partial charge in [-0.3, -0.25) is 19.3 Å². The molecule has 1 aliphatic rings. The Morgan fingerprint density at radius 1 is 1.00 bits per heavy atom. The number of anilines is 2. The number of hydrogen-bond acceptors (Lipinski definition) is 7. The monoisotopic (exact) mass is 526 g/mol. The van der Waals surface area contributed by atoms with Crippen LogP contribution in [0.4, 0.5) is 11.4 Å². The Bertz CT molecular complexity index is 1150. The van der Waals surface area contributed by atoms with Crippen LogP contribution in [0, 0.1) is 0 Å². The maximum absolute atomic E-state index is 13.5. The average molecular weight is 527 g/mol. The summed E-state index contributed by atoms with van der Waals surface area (Å²) in [5.74, 6) is -0.740. The Morgan fingerprint density at radius 3 is 2.27 bits per heavy atom. The quantitative estimate of drug-likeness (QED) is 0.339. The fourth-order valence-electron chi connectivity index (χ4n) is 3.83. The van der Waals surface area contributed by atoms with E-state index in [9.17, 15) is 19.2 Å². The number of hydrogen-bond donors (Lipinski definition) is 2. The van der Waals surface area contributed by atoms with Crippen molar-refractivity contribution in [2.45, 2.75) is 33.2 Å². The number of ether oxygens (including phenoxy) is 2. The molecule has 0 bridgehead atoms. The van der Waals surface area contributed by atoms with E-state index in [2.05, 4.69) is 10.6 Å². The molecule has 11 heteroatoms. The number of nitrogens with one attached hydrogen (secondary N) is 2. The Morgan fingerprint density at radius 2 is 1.68 bits per heavy atom. The molecule has 37 heavy (non-hydrogen) atoms. The van der Waals surface area contributed by atoms with Crippen molar-refractivity contribution in [3.05, 3.63) is 54.1 Å². The second-order valence-electron chi connectivity index (χ2n) is 8.13. The number of rotatable bonds is 11. The molecule has 3 rings (SSSR count). The van der Waals surface area contributed by atoms with Gasteiger partial charge in [0, 0.05) is 25.7 Å². The lowest BCUT2D eigenvalue weighted by atomic mass is 10.1. The van der Waals surface area contributed by atoms with Gasteiger partial charge in [0.15, 0.2) is 5.11 Å². The topological polar surface area (TPSA) is 117 Å². The standard InChI is InChI=1S/C26H30N4O6S/c1-4-35-21-12-8-19(9-13-21)28-23(32)16-22-24(33)30(26(37)29(22)15-14-27-17(3)31)20-10-6-18(7-11-20)25(34)36-5-2/h6-13,22H,4-5,14-16H2,1-3H3,(H,27,31)(H,28,32). The third kappa shape index (κ3) is 7.04. The van der Waals surface area contributed by atoms with Crippen LogP contribution in [0.25, 0.3) is 0 Å². The van der Waals surface area contributed by atoms with E-state index in [0.717, 1.165) is 0 Å². The van der Waals surface area contributed by atoms with E-state index in [1.54, 1.807) is 60.4 Å². The average Bonchev–Trinajstić information content (AvgIpc) is 3.09. The van der Waals surface area contributed by atoms with Gasteiger partial charge in [-0.15, -0.1) is 0 Å². The van der Waals surface area contributed by atoms with Crippen LogP contribution >= 0.6 is 12.2 Å². The zero-order valence-electron chi connectivity index (χ0n) is 21.0. The summed E-state index contributed by atoms with van der Waals surface area (Å²) >= 11 is 5.61. The van der Waals surface area contributed by atoms with E-state index >= 15 is 0 Å². The molecule has 1 atom stereocenters. The van der Waals surface area contributed by atoms with Gasteiger partial charge < -0.3 is 25.0 Å². The maximum atomic E-state index is 13.5. The summed E-state index contributed by atoms with van der Waals surface area (Å²) in [4.78, 5) is 52.7. The van der Waals surface area contributed by atoms with Crippen molar-refractivity contribution in [2.24, 2.45) is 0 Å². The van der Waals surface area contributed by atoms with Crippen molar-refractivity contribution in [3.8, 4) is 5.75 Å². The second kappa shape index (κ2) is 12.8. The van der Waals surface area contributed by atoms with Crippen molar-refractivity contribution in [1.29, 1.82) is 0 Å². The van der Waals surface area contributed by atoms with E-state index < -0.39 is 12.0 Å². The number of carbonyl (C=O) groups excluding carboxylic acids is 4. The smallest absolute Gasteiger partial charge is 0.338 e. The molecule has 2 aromatic rings. The fourth-order valence-corrected chi connectivity index (χ4v) is 4.24. The predicted molar refractivity (Wildman–Crippen MR) is 143 cm³/mol. The van der Waals surface area contributed by atoms with Gasteiger partial charge in [-0.2, -0.15) is 0 Å². The SMILES string of the molecule is CCOC(=O)c1ccc(N2C(=O)C(CC(=O)Nc3ccc(OCC)cc3)N(CCNC(C)=O)C2=S)cc1. The van der Waals surface area contributed by atoms with Gasteiger partial charge in [0.1, 0.15) is 11.8 Å². The fraction of sp³-hybridized carbons (Fsp3) is 0.346. The molecule has 0 radical (unpaired) electrons. The summed E-state index contributed by atoms with van der Waals surface area (Å²) in [5.41, 5.74) is 1.37. The number of thiocarbonyl (C=S) groups is 1. The van der Waals surface area contributed by atoms with Crippen LogP contribution in [0.3, 0.4) is 0 Å². The summed E-state index contributed by atoms with van der Waals surface area (Å²) < 4.78 is 10.4. The van der Waals surface area contributed by atoms with Gasteiger partial charge >= 0.3 is 5.97 Å². The van der Waals surface area contributed by atoms with E-state index in [1.165, 1.54) is 11.8 Å². The first-order chi connectivity index (χ1) is 17.7. The molecule has 2 aromatic carbocycles. The van der Waals surface area contributed by atoms with Crippen LogP contribution in [0.5, 0.6) is 5.75 Å². The molecule has 1 heterocycles. The minimum Gasteiger partial charge on any atom is -0.494 e. The molecular formula is C26H30N4O6S. The van der Waals surface area contributed by atoms with Crippen LogP contribution in [0.2, 0.25) is 0 Å². The lowest BCUT2D eigenvalue weighted by molar-refractivity contribution is -0.124. The van der Waals surface area contributed by atoms with Crippen LogP contribution in [0.15, 0.2) is 48.5 Å². The predicted octanol–water partition coefficient (Wildman–Crippen LogP) is 2.73. The molecule has 0 saturated carbocycles. The summed E-state index contributed by atoms with van der Waals surface area (Å²) in [6.45, 7) is 6.26. The lowest BCUT2D eigenvalue weighted by Gasteiger charge is -2.24. The van der Waals surface area contributed by atoms with E-state index in [1.807, 2.05) is 6.92 Å². The van der Waals surface area contributed by atoms with Crippen LogP contribution in [-0.2, 0) is 19.1 Å².